The van der Waals surface area contributed by atoms with E-state index in [0.29, 0.717) is 17.9 Å². The Hall–Kier alpha value is -1.62. The minimum atomic E-state index is -0.0702. The molecule has 5 nitrogen and oxygen atoms in total. The van der Waals surface area contributed by atoms with Gasteiger partial charge in [0.15, 0.2) is 0 Å². The van der Waals surface area contributed by atoms with E-state index >= 15 is 0 Å². The van der Waals surface area contributed by atoms with Crippen molar-refractivity contribution in [1.29, 1.82) is 0 Å². The molecular formula is C16H28N4O. The van der Waals surface area contributed by atoms with Crippen LogP contribution in [0, 0.1) is 12.8 Å². The summed E-state index contributed by atoms with van der Waals surface area (Å²) >= 11 is 0. The van der Waals surface area contributed by atoms with Gasteiger partial charge in [0.25, 0.3) is 5.91 Å². The number of aromatic nitrogens is 1. The predicted octanol–water partition coefficient (Wildman–Crippen LogP) is 3.01. The highest BCUT2D eigenvalue weighted by Crippen LogP contribution is 2.10. The number of nitrogens with zero attached hydrogens (tertiary/aromatic N) is 1. The van der Waals surface area contributed by atoms with Crippen LogP contribution < -0.4 is 16.6 Å². The van der Waals surface area contributed by atoms with Crippen LogP contribution in [0.3, 0.4) is 0 Å². The number of carbonyl (C=O) groups is 1. The third-order valence-corrected chi connectivity index (χ3v) is 3.36. The molecule has 0 atom stereocenters. The lowest BCUT2D eigenvalue weighted by Crippen LogP contribution is -2.25. The summed E-state index contributed by atoms with van der Waals surface area (Å²) in [6.07, 6.45) is 6.00. The fourth-order valence-electron chi connectivity index (χ4n) is 2.21. The molecule has 0 aliphatic rings. The van der Waals surface area contributed by atoms with Crippen LogP contribution in [-0.4, -0.2) is 17.4 Å². The van der Waals surface area contributed by atoms with Crippen molar-refractivity contribution in [2.24, 2.45) is 11.8 Å². The molecule has 0 aromatic carbocycles. The van der Waals surface area contributed by atoms with Gasteiger partial charge < -0.3 is 10.7 Å². The van der Waals surface area contributed by atoms with Crippen LogP contribution in [0.1, 0.15) is 62.0 Å². The molecular weight excluding hydrogens is 264 g/mol. The van der Waals surface area contributed by atoms with Gasteiger partial charge in [-0.25, -0.2) is 10.8 Å². The van der Waals surface area contributed by atoms with Crippen molar-refractivity contribution in [3.63, 3.8) is 0 Å². The van der Waals surface area contributed by atoms with E-state index < -0.39 is 0 Å². The molecule has 0 radical (unpaired) electrons. The Morgan fingerprint density at radius 2 is 1.95 bits per heavy atom. The Kier molecular flexibility index (Phi) is 7.75. The summed E-state index contributed by atoms with van der Waals surface area (Å²) in [5.41, 5.74) is 3.83. The molecule has 0 spiro atoms. The van der Waals surface area contributed by atoms with E-state index in [2.05, 4.69) is 29.6 Å². The Morgan fingerprint density at radius 3 is 2.62 bits per heavy atom. The van der Waals surface area contributed by atoms with Crippen LogP contribution in [0.4, 0.5) is 5.82 Å². The van der Waals surface area contributed by atoms with Gasteiger partial charge in [-0.15, -0.1) is 0 Å². The monoisotopic (exact) mass is 292 g/mol. The Bertz CT molecular complexity index is 446. The number of carbonyl (C=O) groups excluding carboxylic acids is 1. The van der Waals surface area contributed by atoms with Gasteiger partial charge in [0.1, 0.15) is 5.82 Å². The van der Waals surface area contributed by atoms with Crippen LogP contribution in [0.25, 0.3) is 0 Å². The van der Waals surface area contributed by atoms with E-state index in [0.717, 1.165) is 24.5 Å². The number of hydrazine groups is 1. The molecule has 0 fully saturated rings. The maximum atomic E-state index is 12.0. The zero-order valence-electron chi connectivity index (χ0n) is 13.4. The number of hydrogen-bond acceptors (Lipinski definition) is 4. The first kappa shape index (κ1) is 17.4. The summed E-state index contributed by atoms with van der Waals surface area (Å²) in [6.45, 7) is 7.06. The second-order valence-corrected chi connectivity index (χ2v) is 5.88. The molecule has 0 saturated heterocycles. The van der Waals surface area contributed by atoms with E-state index in [1.165, 1.54) is 19.3 Å². The largest absolute Gasteiger partial charge is 0.352 e. The number of unbranched alkanes of at least 4 members (excludes halogenated alkanes) is 3. The number of amides is 1. The average Bonchev–Trinajstić information content (AvgIpc) is 2.44. The number of nitrogens with one attached hydrogen (secondary N) is 2. The van der Waals surface area contributed by atoms with E-state index in [-0.39, 0.29) is 5.91 Å². The highest BCUT2D eigenvalue weighted by molar-refractivity contribution is 5.94. The second kappa shape index (κ2) is 9.34. The van der Waals surface area contributed by atoms with Gasteiger partial charge in [0.05, 0.1) is 0 Å². The quantitative estimate of drug-likeness (QED) is 0.371. The number of nitrogen functional groups attached to an aromatic ring is 1. The Balaban J connectivity index is 2.26. The number of aryl methyl sites for hydroxylation is 1. The molecule has 5 heteroatoms. The van der Waals surface area contributed by atoms with Crippen LogP contribution in [-0.2, 0) is 0 Å². The molecule has 0 aliphatic carbocycles. The molecule has 0 aliphatic heterocycles. The van der Waals surface area contributed by atoms with E-state index in [1.54, 1.807) is 12.1 Å². The number of pyridine rings is 1. The SMILES string of the molecule is Cc1cc(C(=O)NCCCCCCC(C)C)cc(NN)n1. The molecule has 1 rings (SSSR count). The van der Waals surface area contributed by atoms with E-state index in [1.807, 2.05) is 6.92 Å². The maximum Gasteiger partial charge on any atom is 0.251 e. The number of rotatable bonds is 9. The van der Waals surface area contributed by atoms with Crippen molar-refractivity contribution in [2.75, 3.05) is 12.0 Å². The minimum Gasteiger partial charge on any atom is -0.352 e. The van der Waals surface area contributed by atoms with Crippen molar-refractivity contribution in [2.45, 2.75) is 52.9 Å². The summed E-state index contributed by atoms with van der Waals surface area (Å²) in [5, 5.41) is 2.94. The van der Waals surface area contributed by atoms with Crippen LogP contribution in [0.15, 0.2) is 12.1 Å². The van der Waals surface area contributed by atoms with Gasteiger partial charge in [0.2, 0.25) is 0 Å². The van der Waals surface area contributed by atoms with Crippen LogP contribution in [0.2, 0.25) is 0 Å². The molecule has 4 N–H and O–H groups in total. The van der Waals surface area contributed by atoms with Crippen molar-refractivity contribution < 1.29 is 4.79 Å². The molecule has 1 heterocycles. The van der Waals surface area contributed by atoms with Gasteiger partial charge in [-0.05, 0) is 31.4 Å². The highest BCUT2D eigenvalue weighted by Gasteiger charge is 2.07. The molecule has 118 valence electrons. The minimum absolute atomic E-state index is 0.0702. The van der Waals surface area contributed by atoms with E-state index in [4.69, 9.17) is 5.84 Å². The molecule has 1 aromatic rings. The first-order valence-corrected chi connectivity index (χ1v) is 7.76. The van der Waals surface area contributed by atoms with Crippen molar-refractivity contribution in [3.05, 3.63) is 23.4 Å². The van der Waals surface area contributed by atoms with Crippen molar-refractivity contribution in [3.8, 4) is 0 Å². The number of nitrogens with two attached hydrogens (primary N) is 1. The fraction of sp³-hybridized carbons (Fsp3) is 0.625. The summed E-state index contributed by atoms with van der Waals surface area (Å²) in [7, 11) is 0. The Labute approximate surface area is 127 Å². The van der Waals surface area contributed by atoms with Crippen molar-refractivity contribution in [1.82, 2.24) is 10.3 Å². The zero-order chi connectivity index (χ0) is 15.7. The molecule has 0 unspecified atom stereocenters. The number of anilines is 1. The van der Waals surface area contributed by atoms with Gasteiger partial charge in [0, 0.05) is 17.8 Å². The lowest BCUT2D eigenvalue weighted by Gasteiger charge is -2.08. The normalized spacial score (nSPS) is 10.7. The third-order valence-electron chi connectivity index (χ3n) is 3.36. The Morgan fingerprint density at radius 1 is 1.24 bits per heavy atom. The zero-order valence-corrected chi connectivity index (χ0v) is 13.4. The average molecular weight is 292 g/mol. The topological polar surface area (TPSA) is 80.0 Å². The van der Waals surface area contributed by atoms with Gasteiger partial charge in [-0.2, -0.15) is 0 Å². The molecule has 21 heavy (non-hydrogen) atoms. The lowest BCUT2D eigenvalue weighted by molar-refractivity contribution is 0.0952. The smallest absolute Gasteiger partial charge is 0.251 e. The fourth-order valence-corrected chi connectivity index (χ4v) is 2.21. The van der Waals surface area contributed by atoms with Gasteiger partial charge in [-0.1, -0.05) is 39.5 Å². The van der Waals surface area contributed by atoms with Crippen molar-refractivity contribution >= 4 is 11.7 Å². The molecule has 1 aromatic heterocycles. The van der Waals surface area contributed by atoms with Crippen LogP contribution >= 0.6 is 0 Å². The molecule has 1 amide bonds. The summed E-state index contributed by atoms with van der Waals surface area (Å²) in [4.78, 5) is 16.2. The predicted molar refractivity (Wildman–Crippen MR) is 87.0 cm³/mol. The first-order chi connectivity index (χ1) is 10.0. The third kappa shape index (κ3) is 7.09. The number of hydrogen-bond donors (Lipinski definition) is 3. The van der Waals surface area contributed by atoms with Crippen LogP contribution in [0.5, 0.6) is 0 Å². The summed E-state index contributed by atoms with van der Waals surface area (Å²) < 4.78 is 0. The summed E-state index contributed by atoms with van der Waals surface area (Å²) in [5.74, 6) is 6.55. The second-order valence-electron chi connectivity index (χ2n) is 5.88. The maximum absolute atomic E-state index is 12.0. The van der Waals surface area contributed by atoms with E-state index in [9.17, 15) is 4.79 Å². The lowest BCUT2D eigenvalue weighted by atomic mass is 10.0. The molecule has 0 bridgehead atoms. The van der Waals surface area contributed by atoms with Gasteiger partial charge >= 0.3 is 0 Å². The van der Waals surface area contributed by atoms with Gasteiger partial charge in [-0.3, -0.25) is 4.79 Å². The first-order valence-electron chi connectivity index (χ1n) is 7.76. The highest BCUT2D eigenvalue weighted by atomic mass is 16.1. The standard InChI is InChI=1S/C16H28N4O/c1-12(2)8-6-4-5-7-9-18-16(21)14-10-13(3)19-15(11-14)20-17/h10-12H,4-9,17H2,1-3H3,(H,18,21)(H,19,20). The summed E-state index contributed by atoms with van der Waals surface area (Å²) in [6, 6.07) is 3.42. The molecule has 0 saturated carbocycles.